The van der Waals surface area contributed by atoms with Crippen LogP contribution in [0.4, 0.5) is 0 Å². The topological polar surface area (TPSA) is 164 Å². The SMILES string of the molecule is NC(=O)c1ccccc1.O=C(O)c1ccccc1[O-].O=C(O)c1ccccc1[O-].[Ca+2]. The molecule has 4 N–H and O–H groups in total. The normalized spacial score (nSPS) is 8.80. The zero-order chi connectivity index (χ0) is 21.8. The smallest absolute Gasteiger partial charge is 0.872 e. The monoisotopic (exact) mass is 435 g/mol. The number of carboxylic acid groups (broad SMARTS) is 2. The first-order valence-electron chi connectivity index (χ1n) is 8.07. The Morgan fingerprint density at radius 1 is 0.633 bits per heavy atom. The fourth-order valence-electron chi connectivity index (χ4n) is 1.89. The van der Waals surface area contributed by atoms with Crippen LogP contribution >= 0.6 is 0 Å². The molecule has 0 radical (unpaired) electrons. The van der Waals surface area contributed by atoms with Gasteiger partial charge in [0, 0.05) is 5.56 Å². The van der Waals surface area contributed by atoms with E-state index >= 15 is 0 Å². The van der Waals surface area contributed by atoms with Gasteiger partial charge in [0.1, 0.15) is 0 Å². The Bertz CT molecular complexity index is 922. The number of hydrogen-bond acceptors (Lipinski definition) is 5. The van der Waals surface area contributed by atoms with Crippen LogP contribution in [0.5, 0.6) is 11.5 Å². The maximum atomic E-state index is 10.7. The summed E-state index contributed by atoms with van der Waals surface area (Å²) in [4.78, 5) is 30.9. The van der Waals surface area contributed by atoms with Crippen molar-refractivity contribution >= 4 is 55.6 Å². The number of hydrogen-bond donors (Lipinski definition) is 3. The zero-order valence-electron chi connectivity index (χ0n) is 15.7. The Kier molecular flexibility index (Phi) is 12.6. The van der Waals surface area contributed by atoms with Crippen LogP contribution in [0.15, 0.2) is 78.9 Å². The van der Waals surface area contributed by atoms with Gasteiger partial charge < -0.3 is 26.2 Å². The van der Waals surface area contributed by atoms with Crippen LogP contribution < -0.4 is 15.9 Å². The number of amides is 1. The molecule has 3 rings (SSSR count). The van der Waals surface area contributed by atoms with Crippen LogP contribution in [-0.2, 0) is 0 Å². The van der Waals surface area contributed by atoms with Gasteiger partial charge in [-0.2, -0.15) is 0 Å². The van der Waals surface area contributed by atoms with Crippen molar-refractivity contribution in [2.24, 2.45) is 5.73 Å². The summed E-state index contributed by atoms with van der Waals surface area (Å²) in [5.41, 5.74) is 5.17. The number of carbonyl (C=O) groups is 3. The molecule has 1 amide bonds. The maximum Gasteiger partial charge on any atom is 2.00 e. The Balaban J connectivity index is 0.000000414. The molecule has 0 unspecified atom stereocenters. The van der Waals surface area contributed by atoms with Crippen molar-refractivity contribution in [2.45, 2.75) is 0 Å². The van der Waals surface area contributed by atoms with E-state index in [1.807, 2.05) is 6.07 Å². The van der Waals surface area contributed by atoms with Gasteiger partial charge in [0.25, 0.3) is 0 Å². The average Bonchev–Trinajstić information content (AvgIpc) is 2.70. The summed E-state index contributed by atoms with van der Waals surface area (Å²) in [6, 6.07) is 19.8. The molecule has 150 valence electrons. The molecule has 0 aromatic heterocycles. The molecule has 0 saturated carbocycles. The molecule has 0 atom stereocenters. The molecule has 0 bridgehead atoms. The van der Waals surface area contributed by atoms with Crippen LogP contribution in [0.1, 0.15) is 31.1 Å². The number of benzene rings is 3. The van der Waals surface area contributed by atoms with Crippen molar-refractivity contribution in [3.8, 4) is 11.5 Å². The van der Waals surface area contributed by atoms with Gasteiger partial charge in [0.15, 0.2) is 0 Å². The van der Waals surface area contributed by atoms with E-state index in [2.05, 4.69) is 0 Å². The van der Waals surface area contributed by atoms with Crippen molar-refractivity contribution in [1.29, 1.82) is 0 Å². The van der Waals surface area contributed by atoms with Crippen molar-refractivity contribution in [2.75, 3.05) is 0 Å². The van der Waals surface area contributed by atoms with Gasteiger partial charge in [-0.15, -0.1) is 0 Å². The van der Waals surface area contributed by atoms with E-state index in [9.17, 15) is 24.6 Å². The van der Waals surface area contributed by atoms with Gasteiger partial charge in [-0.25, -0.2) is 9.59 Å². The molecule has 0 saturated heterocycles. The van der Waals surface area contributed by atoms with Crippen LogP contribution in [0.2, 0.25) is 0 Å². The number of aromatic carboxylic acids is 2. The van der Waals surface area contributed by atoms with Crippen molar-refractivity contribution < 1.29 is 34.8 Å². The second-order valence-corrected chi connectivity index (χ2v) is 5.33. The van der Waals surface area contributed by atoms with E-state index in [4.69, 9.17) is 15.9 Å². The van der Waals surface area contributed by atoms with Gasteiger partial charge >= 0.3 is 49.7 Å². The fourth-order valence-corrected chi connectivity index (χ4v) is 1.89. The zero-order valence-corrected chi connectivity index (χ0v) is 17.9. The molecule has 9 heteroatoms. The maximum absolute atomic E-state index is 10.7. The third kappa shape index (κ3) is 9.42. The van der Waals surface area contributed by atoms with Gasteiger partial charge in [-0.05, 0) is 24.3 Å². The molecule has 0 heterocycles. The Morgan fingerprint density at radius 2 is 0.967 bits per heavy atom. The number of primary amides is 1. The first-order chi connectivity index (χ1) is 13.7. The first-order valence-corrected chi connectivity index (χ1v) is 8.07. The molecule has 0 aliphatic rings. The Labute approximate surface area is 202 Å². The van der Waals surface area contributed by atoms with Crippen molar-refractivity contribution in [1.82, 2.24) is 0 Å². The van der Waals surface area contributed by atoms with E-state index in [1.54, 1.807) is 24.3 Å². The van der Waals surface area contributed by atoms with E-state index in [0.717, 1.165) is 0 Å². The second kappa shape index (κ2) is 14.0. The third-order valence-electron chi connectivity index (χ3n) is 3.29. The molecule has 0 aliphatic carbocycles. The Hall–Kier alpha value is -3.07. The largest absolute Gasteiger partial charge is 2.00 e. The van der Waals surface area contributed by atoms with Gasteiger partial charge in [-0.1, -0.05) is 66.1 Å². The molecule has 3 aromatic carbocycles. The Morgan fingerprint density at radius 3 is 1.20 bits per heavy atom. The van der Waals surface area contributed by atoms with E-state index in [1.165, 1.54) is 48.5 Å². The summed E-state index contributed by atoms with van der Waals surface area (Å²) in [5.74, 6) is -3.63. The van der Waals surface area contributed by atoms with Crippen LogP contribution in [0.25, 0.3) is 0 Å². The van der Waals surface area contributed by atoms with E-state index in [0.29, 0.717) is 5.56 Å². The predicted molar refractivity (Wildman–Crippen MR) is 106 cm³/mol. The van der Waals surface area contributed by atoms with Crippen molar-refractivity contribution in [3.63, 3.8) is 0 Å². The molecule has 0 spiro atoms. The van der Waals surface area contributed by atoms with Crippen LogP contribution in [-0.4, -0.2) is 65.8 Å². The van der Waals surface area contributed by atoms with Gasteiger partial charge in [-0.3, -0.25) is 4.79 Å². The first kappa shape index (κ1) is 26.9. The number of carboxylic acids is 2. The molecule has 0 aliphatic heterocycles. The molecule has 30 heavy (non-hydrogen) atoms. The summed E-state index contributed by atoms with van der Waals surface area (Å²) in [5, 5.41) is 38.1. The van der Waals surface area contributed by atoms with Gasteiger partial charge in [0.05, 0.1) is 11.1 Å². The minimum Gasteiger partial charge on any atom is -0.872 e. The molecule has 8 nitrogen and oxygen atoms in total. The number of para-hydroxylation sites is 2. The van der Waals surface area contributed by atoms with Crippen molar-refractivity contribution in [3.05, 3.63) is 95.6 Å². The number of rotatable bonds is 3. The summed E-state index contributed by atoms with van der Waals surface area (Å²) >= 11 is 0. The molecular formula is C21H17CaNO7. The average molecular weight is 435 g/mol. The van der Waals surface area contributed by atoms with E-state index in [-0.39, 0.29) is 54.8 Å². The molecule has 0 fully saturated rings. The second-order valence-electron chi connectivity index (χ2n) is 5.33. The summed E-state index contributed by atoms with van der Waals surface area (Å²) in [7, 11) is 0. The predicted octanol–water partition coefficient (Wildman–Crippen LogP) is 1.32. The minimum atomic E-state index is -1.18. The molecular weight excluding hydrogens is 418 g/mol. The van der Waals surface area contributed by atoms with E-state index < -0.39 is 23.4 Å². The summed E-state index contributed by atoms with van der Waals surface area (Å²) in [6.07, 6.45) is 0. The van der Waals surface area contributed by atoms with Crippen LogP contribution in [0.3, 0.4) is 0 Å². The quantitative estimate of drug-likeness (QED) is 0.522. The fraction of sp³-hybridized carbons (Fsp3) is 0. The minimum absolute atomic E-state index is 0. The van der Waals surface area contributed by atoms with Gasteiger partial charge in [0.2, 0.25) is 5.91 Å². The number of carbonyl (C=O) groups excluding carboxylic acids is 1. The summed E-state index contributed by atoms with van der Waals surface area (Å²) < 4.78 is 0. The molecule has 3 aromatic rings. The number of nitrogens with two attached hydrogens (primary N) is 1. The standard InChI is InChI=1S/C7H7NO.2C7H6O3.Ca/c8-7(9)6-4-2-1-3-5-6;2*8-6-4-2-1-3-5(6)7(9)10;/h1-5H,(H2,8,9);2*1-4,8H,(H,9,10);/q;;;+2/p-2. The van der Waals surface area contributed by atoms with Crippen LogP contribution in [0, 0.1) is 0 Å². The third-order valence-corrected chi connectivity index (χ3v) is 3.29. The summed E-state index contributed by atoms with van der Waals surface area (Å²) in [6.45, 7) is 0.